The van der Waals surface area contributed by atoms with Gasteiger partial charge in [-0.15, -0.1) is 13.2 Å². The van der Waals surface area contributed by atoms with Gasteiger partial charge in [0.25, 0.3) is 5.56 Å². The van der Waals surface area contributed by atoms with E-state index < -0.39 is 34.9 Å². The molecular formula is C26H24F4N2O4. The van der Waals surface area contributed by atoms with Crippen LogP contribution in [0.1, 0.15) is 43.5 Å². The van der Waals surface area contributed by atoms with E-state index in [0.29, 0.717) is 5.56 Å². The summed E-state index contributed by atoms with van der Waals surface area (Å²) < 4.78 is 56.2. The molecular weight excluding hydrogens is 480 g/mol. The summed E-state index contributed by atoms with van der Waals surface area (Å²) in [7, 11) is 0. The van der Waals surface area contributed by atoms with Crippen molar-refractivity contribution in [3.63, 3.8) is 0 Å². The molecule has 190 valence electrons. The first-order valence-corrected chi connectivity index (χ1v) is 11.3. The maximum atomic E-state index is 13.9. The summed E-state index contributed by atoms with van der Waals surface area (Å²) in [5.41, 5.74) is -1.61. The van der Waals surface area contributed by atoms with Gasteiger partial charge < -0.3 is 9.84 Å². The Kier molecular flexibility index (Phi) is 6.74. The molecule has 0 amide bonds. The Bertz CT molecular complexity index is 1320. The second kappa shape index (κ2) is 9.50. The molecule has 0 bridgehead atoms. The second-order valence-electron chi connectivity index (χ2n) is 9.44. The van der Waals surface area contributed by atoms with E-state index >= 15 is 0 Å². The minimum Gasteiger partial charge on any atom is -0.406 e. The van der Waals surface area contributed by atoms with Crippen LogP contribution in [0.3, 0.4) is 0 Å². The van der Waals surface area contributed by atoms with Crippen LogP contribution in [0.25, 0.3) is 16.9 Å². The Labute approximate surface area is 204 Å². The van der Waals surface area contributed by atoms with Gasteiger partial charge in [-0.05, 0) is 87.1 Å². The lowest BCUT2D eigenvalue weighted by Crippen LogP contribution is -2.36. The van der Waals surface area contributed by atoms with Gasteiger partial charge in [0.05, 0.1) is 22.5 Å². The molecule has 1 aromatic heterocycles. The first-order chi connectivity index (χ1) is 16.8. The maximum absolute atomic E-state index is 13.9. The predicted octanol–water partition coefficient (Wildman–Crippen LogP) is 5.31. The Morgan fingerprint density at radius 2 is 1.81 bits per heavy atom. The topological polar surface area (TPSA) is 81.4 Å². The summed E-state index contributed by atoms with van der Waals surface area (Å²) >= 11 is 0. The van der Waals surface area contributed by atoms with Crippen molar-refractivity contribution in [2.24, 2.45) is 11.8 Å². The van der Waals surface area contributed by atoms with Crippen LogP contribution in [-0.2, 0) is 0 Å². The van der Waals surface area contributed by atoms with Crippen LogP contribution < -0.4 is 10.3 Å². The Morgan fingerprint density at radius 1 is 1.14 bits per heavy atom. The Hall–Kier alpha value is -3.53. The van der Waals surface area contributed by atoms with Crippen LogP contribution in [0.4, 0.5) is 17.6 Å². The highest BCUT2D eigenvalue weighted by atomic mass is 19.4. The molecule has 2 aromatic carbocycles. The summed E-state index contributed by atoms with van der Waals surface area (Å²) in [5, 5.41) is 14.8. The molecule has 1 aliphatic rings. The molecule has 1 N–H and O–H groups in total. The molecule has 1 atom stereocenters. The van der Waals surface area contributed by atoms with Crippen molar-refractivity contribution >= 4 is 5.78 Å². The van der Waals surface area contributed by atoms with Gasteiger partial charge >= 0.3 is 6.36 Å². The van der Waals surface area contributed by atoms with Gasteiger partial charge in [0.15, 0.2) is 5.78 Å². The minimum atomic E-state index is -4.86. The smallest absolute Gasteiger partial charge is 0.406 e. The highest BCUT2D eigenvalue weighted by Gasteiger charge is 2.41. The molecule has 3 aromatic rings. The highest BCUT2D eigenvalue weighted by Crippen LogP contribution is 2.44. The highest BCUT2D eigenvalue weighted by molar-refractivity contribution is 5.97. The molecule has 0 spiro atoms. The Balaban J connectivity index is 1.78. The van der Waals surface area contributed by atoms with Crippen LogP contribution in [0.5, 0.6) is 5.75 Å². The van der Waals surface area contributed by atoms with E-state index in [-0.39, 0.29) is 35.2 Å². The lowest BCUT2D eigenvalue weighted by Gasteiger charge is -2.29. The summed E-state index contributed by atoms with van der Waals surface area (Å²) in [4.78, 5) is 26.6. The number of ether oxygens (including phenoxy) is 1. The molecule has 0 unspecified atom stereocenters. The lowest BCUT2D eigenvalue weighted by atomic mass is 9.82. The number of hydrogen-bond donors (Lipinski definition) is 1. The van der Waals surface area contributed by atoms with E-state index in [1.807, 2.05) is 0 Å². The fourth-order valence-corrected chi connectivity index (χ4v) is 4.25. The molecule has 1 heterocycles. The standard InChI is InChI=1S/C26H24F4N2O4/c1-25(2,35)21(15-6-7-15)14-23(33)20-13-22(16-8-10-19(11-9-16)36-26(28,29)30)31-32(24(20)34)18-5-3-4-17(27)12-18/h3-5,8-13,15,21,35H,6-7,14H2,1-2H3/t21-/m0/s1. The van der Waals surface area contributed by atoms with Crippen LogP contribution in [0, 0.1) is 17.7 Å². The zero-order valence-electron chi connectivity index (χ0n) is 19.6. The average Bonchev–Trinajstić information content (AvgIpc) is 3.61. The molecule has 4 rings (SSSR count). The predicted molar refractivity (Wildman–Crippen MR) is 123 cm³/mol. The fraction of sp³-hybridized carbons (Fsp3) is 0.346. The molecule has 0 radical (unpaired) electrons. The summed E-state index contributed by atoms with van der Waals surface area (Å²) in [6.45, 7) is 3.24. The van der Waals surface area contributed by atoms with Crippen LogP contribution >= 0.6 is 0 Å². The monoisotopic (exact) mass is 504 g/mol. The number of carbonyl (C=O) groups is 1. The SMILES string of the molecule is CC(C)(O)[C@@H](CC(=O)c1cc(-c2ccc(OC(F)(F)F)cc2)nn(-c2cccc(F)c2)c1=O)C1CC1. The largest absolute Gasteiger partial charge is 0.573 e. The van der Waals surface area contributed by atoms with E-state index in [4.69, 9.17) is 0 Å². The number of Topliss-reactive ketones (excluding diaryl/α,β-unsaturated/α-hetero) is 1. The average molecular weight is 504 g/mol. The summed E-state index contributed by atoms with van der Waals surface area (Å²) in [6.07, 6.45) is -3.18. The molecule has 6 nitrogen and oxygen atoms in total. The van der Waals surface area contributed by atoms with Gasteiger partial charge in [-0.3, -0.25) is 9.59 Å². The third kappa shape index (κ3) is 5.99. The molecule has 1 fully saturated rings. The van der Waals surface area contributed by atoms with E-state index in [0.717, 1.165) is 35.7 Å². The van der Waals surface area contributed by atoms with Gasteiger partial charge in [0, 0.05) is 12.0 Å². The van der Waals surface area contributed by atoms with Crippen molar-refractivity contribution in [3.8, 4) is 22.7 Å². The van der Waals surface area contributed by atoms with Crippen molar-refractivity contribution in [1.29, 1.82) is 0 Å². The third-order valence-electron chi connectivity index (χ3n) is 6.15. The number of aliphatic hydroxyl groups is 1. The quantitative estimate of drug-likeness (QED) is 0.332. The number of nitrogens with zero attached hydrogens (tertiary/aromatic N) is 2. The molecule has 0 saturated heterocycles. The molecule has 10 heteroatoms. The normalized spacial score (nSPS) is 15.0. The van der Waals surface area contributed by atoms with Crippen molar-refractivity contribution in [1.82, 2.24) is 9.78 Å². The fourth-order valence-electron chi connectivity index (χ4n) is 4.25. The van der Waals surface area contributed by atoms with Crippen LogP contribution in [-0.4, -0.2) is 32.6 Å². The first kappa shape index (κ1) is 25.6. The zero-order chi connectivity index (χ0) is 26.3. The number of ketones is 1. The van der Waals surface area contributed by atoms with Crippen molar-refractivity contribution < 1.29 is 32.2 Å². The molecule has 36 heavy (non-hydrogen) atoms. The summed E-state index contributed by atoms with van der Waals surface area (Å²) in [6, 6.07) is 11.2. The maximum Gasteiger partial charge on any atom is 0.573 e. The number of alkyl halides is 3. The number of halogens is 4. The Morgan fingerprint density at radius 3 is 2.36 bits per heavy atom. The second-order valence-corrected chi connectivity index (χ2v) is 9.44. The van der Waals surface area contributed by atoms with Crippen LogP contribution in [0.15, 0.2) is 59.4 Å². The molecule has 1 saturated carbocycles. The van der Waals surface area contributed by atoms with Gasteiger partial charge in [0.2, 0.25) is 0 Å². The van der Waals surface area contributed by atoms with Gasteiger partial charge in [-0.2, -0.15) is 9.78 Å². The zero-order valence-corrected chi connectivity index (χ0v) is 19.6. The van der Waals surface area contributed by atoms with Crippen molar-refractivity contribution in [2.75, 3.05) is 0 Å². The van der Waals surface area contributed by atoms with Gasteiger partial charge in [-0.25, -0.2) is 4.39 Å². The molecule has 0 aliphatic heterocycles. The number of carbonyl (C=O) groups excluding carboxylic acids is 1. The van der Waals surface area contributed by atoms with E-state index in [1.54, 1.807) is 13.8 Å². The number of rotatable bonds is 8. The van der Waals surface area contributed by atoms with Crippen molar-refractivity contribution in [3.05, 3.63) is 76.3 Å². The van der Waals surface area contributed by atoms with E-state index in [2.05, 4.69) is 9.84 Å². The van der Waals surface area contributed by atoms with Gasteiger partial charge in [-0.1, -0.05) is 6.07 Å². The van der Waals surface area contributed by atoms with E-state index in [1.165, 1.54) is 36.4 Å². The van der Waals surface area contributed by atoms with Crippen LogP contribution in [0.2, 0.25) is 0 Å². The first-order valence-electron chi connectivity index (χ1n) is 11.3. The number of hydrogen-bond acceptors (Lipinski definition) is 5. The third-order valence-corrected chi connectivity index (χ3v) is 6.15. The number of benzene rings is 2. The minimum absolute atomic E-state index is 0.0750. The lowest BCUT2D eigenvalue weighted by molar-refractivity contribution is -0.274. The van der Waals surface area contributed by atoms with Crippen molar-refractivity contribution in [2.45, 2.75) is 45.1 Å². The van der Waals surface area contributed by atoms with E-state index in [9.17, 15) is 32.3 Å². The summed E-state index contributed by atoms with van der Waals surface area (Å²) in [5.74, 6) is -1.77. The van der Waals surface area contributed by atoms with Gasteiger partial charge in [0.1, 0.15) is 11.6 Å². The number of aromatic nitrogens is 2. The molecule has 1 aliphatic carbocycles.